The van der Waals surface area contributed by atoms with Crippen LogP contribution in [0.1, 0.15) is 25.8 Å². The fourth-order valence-electron chi connectivity index (χ4n) is 2.86. The summed E-state index contributed by atoms with van der Waals surface area (Å²) in [7, 11) is 0. The number of nitrogens with zero attached hydrogens (tertiary/aromatic N) is 2. The van der Waals surface area contributed by atoms with Crippen LogP contribution in [0.4, 0.5) is 5.69 Å². The average molecular weight is 351 g/mol. The predicted octanol–water partition coefficient (Wildman–Crippen LogP) is 1.06. The molecule has 0 saturated carbocycles. The molecule has 8 nitrogen and oxygen atoms in total. The van der Waals surface area contributed by atoms with Gasteiger partial charge in [0.05, 0.1) is 23.7 Å². The highest BCUT2D eigenvalue weighted by atomic mass is 16.6. The molecular weight excluding hydrogens is 326 g/mol. The maximum Gasteiger partial charge on any atom is 0.269 e. The van der Waals surface area contributed by atoms with E-state index in [0.717, 1.165) is 5.56 Å². The van der Waals surface area contributed by atoms with E-state index in [4.69, 9.17) is 10.5 Å². The van der Waals surface area contributed by atoms with E-state index in [1.807, 2.05) is 13.8 Å². The van der Waals surface area contributed by atoms with Crippen molar-refractivity contribution < 1.29 is 19.6 Å². The monoisotopic (exact) mass is 351 g/mol. The number of rotatable bonds is 7. The summed E-state index contributed by atoms with van der Waals surface area (Å²) in [5, 5.41) is 20.8. The van der Waals surface area contributed by atoms with E-state index >= 15 is 0 Å². The van der Waals surface area contributed by atoms with Gasteiger partial charge in [0.15, 0.2) is 0 Å². The second-order valence-electron chi connectivity index (χ2n) is 6.82. The number of carbonyl (C=O) groups is 1. The standard InChI is InChI=1S/C17H25N3O5/c1-11(2)7-14(18)17(22)19-8-15(21)16(9-19)25-10-12-3-5-13(6-4-12)20(23)24/h3-6,11,14-16,21H,7-10,18H2,1-2H3/t14-,15?,16?/m1/s1. The van der Waals surface area contributed by atoms with Gasteiger partial charge < -0.3 is 20.5 Å². The Bertz CT molecular complexity index is 605. The van der Waals surface area contributed by atoms with Gasteiger partial charge in [0.25, 0.3) is 5.69 Å². The molecule has 1 fully saturated rings. The molecule has 0 spiro atoms. The van der Waals surface area contributed by atoms with Gasteiger partial charge in [-0.25, -0.2) is 0 Å². The summed E-state index contributed by atoms with van der Waals surface area (Å²) in [5.41, 5.74) is 6.70. The molecule has 3 atom stereocenters. The number of benzene rings is 1. The number of nitro groups is 1. The van der Waals surface area contributed by atoms with E-state index < -0.39 is 23.2 Å². The number of nitro benzene ring substituents is 1. The summed E-state index contributed by atoms with van der Waals surface area (Å²) < 4.78 is 5.69. The van der Waals surface area contributed by atoms with Crippen molar-refractivity contribution in [1.82, 2.24) is 4.90 Å². The molecule has 0 aromatic heterocycles. The molecule has 25 heavy (non-hydrogen) atoms. The van der Waals surface area contributed by atoms with Crippen molar-refractivity contribution in [2.24, 2.45) is 11.7 Å². The van der Waals surface area contributed by atoms with Crippen molar-refractivity contribution in [2.45, 2.75) is 45.1 Å². The average Bonchev–Trinajstić information content (AvgIpc) is 2.92. The zero-order chi connectivity index (χ0) is 18.6. The SMILES string of the molecule is CC(C)C[C@@H](N)C(=O)N1CC(O)C(OCc2ccc([N+](=O)[O-])cc2)C1. The van der Waals surface area contributed by atoms with Crippen LogP contribution < -0.4 is 5.73 Å². The summed E-state index contributed by atoms with van der Waals surface area (Å²) in [5.74, 6) is 0.148. The maximum atomic E-state index is 12.3. The molecule has 0 aliphatic carbocycles. The molecule has 2 rings (SSSR count). The number of carbonyl (C=O) groups excluding carboxylic acids is 1. The molecule has 1 aliphatic rings. The smallest absolute Gasteiger partial charge is 0.269 e. The third-order valence-electron chi connectivity index (χ3n) is 4.20. The van der Waals surface area contributed by atoms with Crippen molar-refractivity contribution in [3.05, 3.63) is 39.9 Å². The van der Waals surface area contributed by atoms with Crippen LogP contribution in [0, 0.1) is 16.0 Å². The Hall–Kier alpha value is -2.03. The predicted molar refractivity (Wildman–Crippen MR) is 91.7 cm³/mol. The van der Waals surface area contributed by atoms with Crippen LogP contribution in [-0.4, -0.2) is 52.2 Å². The third kappa shape index (κ3) is 5.22. The molecule has 2 unspecified atom stereocenters. The summed E-state index contributed by atoms with van der Waals surface area (Å²) in [6.07, 6.45) is -0.668. The highest BCUT2D eigenvalue weighted by Crippen LogP contribution is 2.19. The number of β-amino-alcohol motifs (C(OH)–C–C–N with tert-alkyl or cyclic N) is 1. The Morgan fingerprint density at radius 1 is 1.40 bits per heavy atom. The molecule has 1 aromatic rings. The van der Waals surface area contributed by atoms with Gasteiger partial charge in [-0.05, 0) is 30.0 Å². The second-order valence-corrected chi connectivity index (χ2v) is 6.82. The van der Waals surface area contributed by atoms with Gasteiger partial charge in [-0.1, -0.05) is 13.8 Å². The first kappa shape index (κ1) is 19.3. The molecule has 8 heteroatoms. The number of aliphatic hydroxyl groups excluding tert-OH is 1. The van der Waals surface area contributed by atoms with Crippen LogP contribution in [0.5, 0.6) is 0 Å². The number of amides is 1. The van der Waals surface area contributed by atoms with E-state index in [9.17, 15) is 20.0 Å². The van der Waals surface area contributed by atoms with Crippen LogP contribution in [0.25, 0.3) is 0 Å². The number of nitrogens with two attached hydrogens (primary N) is 1. The lowest BCUT2D eigenvalue weighted by molar-refractivity contribution is -0.384. The van der Waals surface area contributed by atoms with Gasteiger partial charge >= 0.3 is 0 Å². The normalized spacial score (nSPS) is 21.6. The Labute approximate surface area is 146 Å². The van der Waals surface area contributed by atoms with E-state index in [0.29, 0.717) is 18.9 Å². The van der Waals surface area contributed by atoms with Crippen LogP contribution in [-0.2, 0) is 16.1 Å². The quantitative estimate of drug-likeness (QED) is 0.560. The van der Waals surface area contributed by atoms with Gasteiger partial charge in [0.1, 0.15) is 6.10 Å². The van der Waals surface area contributed by atoms with E-state index in [1.54, 1.807) is 12.1 Å². The fraction of sp³-hybridized carbons (Fsp3) is 0.588. The highest BCUT2D eigenvalue weighted by Gasteiger charge is 2.36. The molecule has 1 amide bonds. The first-order valence-electron chi connectivity index (χ1n) is 8.35. The van der Waals surface area contributed by atoms with Crippen molar-refractivity contribution in [1.29, 1.82) is 0 Å². The zero-order valence-corrected chi connectivity index (χ0v) is 14.5. The number of hydrogen-bond acceptors (Lipinski definition) is 6. The molecule has 1 aliphatic heterocycles. The van der Waals surface area contributed by atoms with Gasteiger partial charge in [-0.2, -0.15) is 0 Å². The largest absolute Gasteiger partial charge is 0.388 e. The Balaban J connectivity index is 1.87. The van der Waals surface area contributed by atoms with Crippen LogP contribution in [0.2, 0.25) is 0 Å². The molecule has 0 radical (unpaired) electrons. The Kier molecular flexibility index (Phi) is 6.46. The molecule has 1 saturated heterocycles. The highest BCUT2D eigenvalue weighted by molar-refractivity contribution is 5.82. The Morgan fingerprint density at radius 2 is 2.04 bits per heavy atom. The minimum absolute atomic E-state index is 0.0144. The third-order valence-corrected chi connectivity index (χ3v) is 4.20. The fourth-order valence-corrected chi connectivity index (χ4v) is 2.86. The topological polar surface area (TPSA) is 119 Å². The van der Waals surface area contributed by atoms with E-state index in [2.05, 4.69) is 0 Å². The lowest BCUT2D eigenvalue weighted by Gasteiger charge is -2.21. The van der Waals surface area contributed by atoms with Gasteiger partial charge in [0, 0.05) is 25.2 Å². The van der Waals surface area contributed by atoms with Crippen molar-refractivity contribution in [3.8, 4) is 0 Å². The van der Waals surface area contributed by atoms with Gasteiger partial charge in [-0.3, -0.25) is 14.9 Å². The lowest BCUT2D eigenvalue weighted by atomic mass is 10.0. The van der Waals surface area contributed by atoms with Crippen LogP contribution >= 0.6 is 0 Å². The minimum atomic E-state index is -0.770. The molecule has 1 heterocycles. The summed E-state index contributed by atoms with van der Waals surface area (Å²) in [6.45, 7) is 4.71. The summed E-state index contributed by atoms with van der Waals surface area (Å²) in [6, 6.07) is 5.47. The zero-order valence-electron chi connectivity index (χ0n) is 14.5. The van der Waals surface area contributed by atoms with Crippen molar-refractivity contribution >= 4 is 11.6 Å². The number of hydrogen-bond donors (Lipinski definition) is 2. The minimum Gasteiger partial charge on any atom is -0.388 e. The van der Waals surface area contributed by atoms with Gasteiger partial charge in [0.2, 0.25) is 5.91 Å². The molecule has 0 bridgehead atoms. The molecule has 1 aromatic carbocycles. The van der Waals surface area contributed by atoms with Crippen LogP contribution in [0.15, 0.2) is 24.3 Å². The number of ether oxygens (including phenoxy) is 1. The van der Waals surface area contributed by atoms with Crippen molar-refractivity contribution in [2.75, 3.05) is 13.1 Å². The lowest BCUT2D eigenvalue weighted by Crippen LogP contribution is -2.43. The van der Waals surface area contributed by atoms with Gasteiger partial charge in [-0.15, -0.1) is 0 Å². The number of likely N-dealkylation sites (tertiary alicyclic amines) is 1. The maximum absolute atomic E-state index is 12.3. The molecular formula is C17H25N3O5. The van der Waals surface area contributed by atoms with E-state index in [-0.39, 0.29) is 24.7 Å². The number of aliphatic hydroxyl groups is 1. The first-order valence-corrected chi connectivity index (χ1v) is 8.35. The first-order chi connectivity index (χ1) is 11.8. The summed E-state index contributed by atoms with van der Waals surface area (Å²) >= 11 is 0. The molecule has 138 valence electrons. The Morgan fingerprint density at radius 3 is 2.60 bits per heavy atom. The molecule has 3 N–H and O–H groups in total. The van der Waals surface area contributed by atoms with Crippen LogP contribution in [0.3, 0.4) is 0 Å². The van der Waals surface area contributed by atoms with E-state index in [1.165, 1.54) is 17.0 Å². The second kappa shape index (κ2) is 8.37. The number of non-ortho nitro benzene ring substituents is 1. The summed E-state index contributed by atoms with van der Waals surface area (Å²) in [4.78, 5) is 24.0. The van der Waals surface area contributed by atoms with Crippen molar-refractivity contribution in [3.63, 3.8) is 0 Å².